The van der Waals surface area contributed by atoms with E-state index < -0.39 is 0 Å². The van der Waals surface area contributed by atoms with Gasteiger partial charge in [-0.05, 0) is 24.3 Å². The topological polar surface area (TPSA) is 53.5 Å². The fourth-order valence-electron chi connectivity index (χ4n) is 3.13. The molecule has 5 nitrogen and oxygen atoms in total. The minimum Gasteiger partial charge on any atom is -0.335 e. The highest BCUT2D eigenvalue weighted by atomic mass is 35.5. The minimum atomic E-state index is -0.0861. The molecule has 0 aliphatic carbocycles. The summed E-state index contributed by atoms with van der Waals surface area (Å²) >= 11 is 7.35. The molecular weight excluding hydrogens is 394 g/mol. The summed E-state index contributed by atoms with van der Waals surface area (Å²) in [5, 5.41) is 3.24. The van der Waals surface area contributed by atoms with Crippen molar-refractivity contribution in [2.75, 3.05) is 26.2 Å². The number of amides is 2. The molecule has 0 bridgehead atoms. The molecular formula is C21H18ClN3O2S. The maximum Gasteiger partial charge on any atom is 0.273 e. The molecule has 1 aliphatic rings. The van der Waals surface area contributed by atoms with Crippen LogP contribution in [0.5, 0.6) is 0 Å². The lowest BCUT2D eigenvalue weighted by Crippen LogP contribution is -2.50. The fraction of sp³-hybridized carbons (Fsp3) is 0.190. The van der Waals surface area contributed by atoms with Gasteiger partial charge in [-0.1, -0.05) is 41.9 Å². The van der Waals surface area contributed by atoms with Crippen molar-refractivity contribution < 1.29 is 9.59 Å². The monoisotopic (exact) mass is 411 g/mol. The summed E-state index contributed by atoms with van der Waals surface area (Å²) in [6, 6.07) is 16.7. The Morgan fingerprint density at radius 1 is 0.857 bits per heavy atom. The summed E-state index contributed by atoms with van der Waals surface area (Å²) in [6.45, 7) is 2.00. The van der Waals surface area contributed by atoms with Gasteiger partial charge in [0.05, 0.1) is 0 Å². The van der Waals surface area contributed by atoms with Crippen molar-refractivity contribution in [2.24, 2.45) is 0 Å². The maximum atomic E-state index is 12.8. The molecule has 7 heteroatoms. The van der Waals surface area contributed by atoms with Crippen LogP contribution in [-0.4, -0.2) is 52.8 Å². The Kier molecular flexibility index (Phi) is 5.41. The second kappa shape index (κ2) is 8.12. The molecule has 28 heavy (non-hydrogen) atoms. The third-order valence-electron chi connectivity index (χ3n) is 4.69. The molecule has 3 aromatic rings. The first-order chi connectivity index (χ1) is 13.6. The molecule has 1 aromatic heterocycles. The molecule has 142 valence electrons. The van der Waals surface area contributed by atoms with Crippen LogP contribution in [0.15, 0.2) is 60.0 Å². The van der Waals surface area contributed by atoms with Crippen molar-refractivity contribution in [3.8, 4) is 10.6 Å². The first-order valence-electron chi connectivity index (χ1n) is 8.97. The SMILES string of the molecule is O=C(c1ccc(Cl)cc1)N1CCN(C(=O)c2csc(-c3ccccc3)n2)CC1. The number of aromatic nitrogens is 1. The van der Waals surface area contributed by atoms with Crippen LogP contribution in [0.2, 0.25) is 5.02 Å². The number of hydrogen-bond acceptors (Lipinski definition) is 4. The number of rotatable bonds is 3. The Labute approximate surface area is 172 Å². The van der Waals surface area contributed by atoms with E-state index in [4.69, 9.17) is 11.6 Å². The van der Waals surface area contributed by atoms with E-state index >= 15 is 0 Å². The Morgan fingerprint density at radius 3 is 2.11 bits per heavy atom. The summed E-state index contributed by atoms with van der Waals surface area (Å²) in [4.78, 5) is 33.4. The van der Waals surface area contributed by atoms with E-state index in [1.54, 1.807) is 39.4 Å². The summed E-state index contributed by atoms with van der Waals surface area (Å²) < 4.78 is 0. The molecule has 2 aromatic carbocycles. The van der Waals surface area contributed by atoms with Gasteiger partial charge in [-0.15, -0.1) is 11.3 Å². The molecule has 0 atom stereocenters. The van der Waals surface area contributed by atoms with Gasteiger partial charge >= 0.3 is 0 Å². The van der Waals surface area contributed by atoms with Gasteiger partial charge in [0.2, 0.25) is 0 Å². The fourth-order valence-corrected chi connectivity index (χ4v) is 4.06. The first kappa shape index (κ1) is 18.7. The minimum absolute atomic E-state index is 0.0382. The van der Waals surface area contributed by atoms with Gasteiger partial charge in [-0.2, -0.15) is 0 Å². The standard InChI is InChI=1S/C21H18ClN3O2S/c22-17-8-6-16(7-9-17)20(26)24-10-12-25(13-11-24)21(27)18-14-28-19(23-18)15-4-2-1-3-5-15/h1-9,14H,10-13H2. The largest absolute Gasteiger partial charge is 0.335 e. The molecule has 0 radical (unpaired) electrons. The van der Waals surface area contributed by atoms with Crippen LogP contribution in [0.4, 0.5) is 0 Å². The lowest BCUT2D eigenvalue weighted by Gasteiger charge is -2.34. The Bertz CT molecular complexity index is 980. The number of benzene rings is 2. The molecule has 2 heterocycles. The predicted molar refractivity (Wildman–Crippen MR) is 111 cm³/mol. The van der Waals surface area contributed by atoms with Crippen LogP contribution in [0, 0.1) is 0 Å². The van der Waals surface area contributed by atoms with Crippen LogP contribution in [0.3, 0.4) is 0 Å². The van der Waals surface area contributed by atoms with E-state index in [1.165, 1.54) is 11.3 Å². The molecule has 0 spiro atoms. The summed E-state index contributed by atoms with van der Waals surface area (Å²) in [5.41, 5.74) is 2.07. The van der Waals surface area contributed by atoms with E-state index in [0.717, 1.165) is 10.6 Å². The average Bonchev–Trinajstić information content (AvgIpc) is 3.24. The quantitative estimate of drug-likeness (QED) is 0.653. The lowest BCUT2D eigenvalue weighted by atomic mass is 10.2. The Morgan fingerprint density at radius 2 is 1.46 bits per heavy atom. The molecule has 0 unspecified atom stereocenters. The van der Waals surface area contributed by atoms with Gasteiger partial charge < -0.3 is 9.80 Å². The second-order valence-corrected chi connectivity index (χ2v) is 7.79. The highest BCUT2D eigenvalue weighted by molar-refractivity contribution is 7.13. The Hall–Kier alpha value is -2.70. The Balaban J connectivity index is 1.38. The number of halogens is 1. The first-order valence-corrected chi connectivity index (χ1v) is 10.2. The zero-order valence-corrected chi connectivity index (χ0v) is 16.6. The van der Waals surface area contributed by atoms with E-state index in [1.807, 2.05) is 30.3 Å². The van der Waals surface area contributed by atoms with Gasteiger partial charge in [0.25, 0.3) is 11.8 Å². The van der Waals surface area contributed by atoms with Crippen LogP contribution in [0.25, 0.3) is 10.6 Å². The van der Waals surface area contributed by atoms with E-state index in [9.17, 15) is 9.59 Å². The van der Waals surface area contributed by atoms with Crippen molar-refractivity contribution in [1.82, 2.24) is 14.8 Å². The van der Waals surface area contributed by atoms with Crippen molar-refractivity contribution in [3.63, 3.8) is 0 Å². The second-order valence-electron chi connectivity index (χ2n) is 6.50. The summed E-state index contributed by atoms with van der Waals surface area (Å²) in [5.74, 6) is -0.124. The van der Waals surface area contributed by atoms with Gasteiger partial charge in [0.15, 0.2) is 0 Å². The zero-order valence-electron chi connectivity index (χ0n) is 15.0. The molecule has 2 amide bonds. The number of thiazole rings is 1. The van der Waals surface area contributed by atoms with Crippen molar-refractivity contribution >= 4 is 34.8 Å². The van der Waals surface area contributed by atoms with E-state index in [-0.39, 0.29) is 11.8 Å². The highest BCUT2D eigenvalue weighted by Crippen LogP contribution is 2.24. The molecule has 0 saturated carbocycles. The zero-order chi connectivity index (χ0) is 19.5. The average molecular weight is 412 g/mol. The molecule has 4 rings (SSSR count). The van der Waals surface area contributed by atoms with E-state index in [0.29, 0.717) is 42.5 Å². The smallest absolute Gasteiger partial charge is 0.273 e. The molecule has 1 fully saturated rings. The number of carbonyl (C=O) groups excluding carboxylic acids is 2. The number of nitrogens with zero attached hydrogens (tertiary/aromatic N) is 3. The summed E-state index contributed by atoms with van der Waals surface area (Å²) in [7, 11) is 0. The predicted octanol–water partition coefficient (Wildman–Crippen LogP) is 4.06. The highest BCUT2D eigenvalue weighted by Gasteiger charge is 2.26. The van der Waals surface area contributed by atoms with Crippen molar-refractivity contribution in [3.05, 3.63) is 76.3 Å². The van der Waals surface area contributed by atoms with Crippen molar-refractivity contribution in [1.29, 1.82) is 0 Å². The summed E-state index contributed by atoms with van der Waals surface area (Å²) in [6.07, 6.45) is 0. The van der Waals surface area contributed by atoms with E-state index in [2.05, 4.69) is 4.98 Å². The van der Waals surface area contributed by atoms with Crippen LogP contribution in [0.1, 0.15) is 20.8 Å². The number of hydrogen-bond donors (Lipinski definition) is 0. The van der Waals surface area contributed by atoms with Gasteiger partial charge in [0.1, 0.15) is 10.7 Å². The van der Waals surface area contributed by atoms with Crippen LogP contribution >= 0.6 is 22.9 Å². The normalized spacial score (nSPS) is 14.2. The molecule has 1 aliphatic heterocycles. The third-order valence-corrected chi connectivity index (χ3v) is 5.83. The van der Waals surface area contributed by atoms with Gasteiger partial charge in [-0.25, -0.2) is 4.98 Å². The molecule has 1 saturated heterocycles. The van der Waals surface area contributed by atoms with Gasteiger partial charge in [0, 0.05) is 47.7 Å². The number of piperazine rings is 1. The van der Waals surface area contributed by atoms with Crippen molar-refractivity contribution in [2.45, 2.75) is 0 Å². The van der Waals surface area contributed by atoms with Crippen LogP contribution in [-0.2, 0) is 0 Å². The maximum absolute atomic E-state index is 12.8. The van der Waals surface area contributed by atoms with Gasteiger partial charge in [-0.3, -0.25) is 9.59 Å². The third kappa shape index (κ3) is 3.93. The van der Waals surface area contributed by atoms with Crippen LogP contribution < -0.4 is 0 Å². The molecule has 0 N–H and O–H groups in total. The number of carbonyl (C=O) groups is 2. The lowest BCUT2D eigenvalue weighted by molar-refractivity contribution is 0.0533.